The predicted molar refractivity (Wildman–Crippen MR) is 148 cm³/mol. The Labute approximate surface area is 233 Å². The van der Waals surface area contributed by atoms with Crippen molar-refractivity contribution in [2.24, 2.45) is 0 Å². The number of amides is 2. The van der Waals surface area contributed by atoms with Gasteiger partial charge in [0.25, 0.3) is 0 Å². The van der Waals surface area contributed by atoms with Gasteiger partial charge in [-0.1, -0.05) is 12.1 Å². The summed E-state index contributed by atoms with van der Waals surface area (Å²) in [5, 5.41) is 21.3. The molecule has 1 aromatic carbocycles. The minimum absolute atomic E-state index is 0.0209. The zero-order valence-corrected chi connectivity index (χ0v) is 23.1. The molecule has 2 aromatic rings. The third-order valence-corrected chi connectivity index (χ3v) is 8.25. The average molecular weight is 553 g/mol. The first-order chi connectivity index (χ1) is 18.9. The average Bonchev–Trinajstić information content (AvgIpc) is 3.69. The number of carbonyl (C=O) groups excluding carboxylic acids is 2. The highest BCUT2D eigenvalue weighted by atomic mass is 32.2. The van der Waals surface area contributed by atoms with E-state index in [0.717, 1.165) is 37.1 Å². The van der Waals surface area contributed by atoms with E-state index in [1.807, 2.05) is 27.9 Å². The molecule has 0 aliphatic carbocycles. The number of rotatable bonds is 12. The second kappa shape index (κ2) is 13.6. The Morgan fingerprint density at radius 3 is 2.69 bits per heavy atom. The van der Waals surface area contributed by atoms with E-state index >= 15 is 0 Å². The van der Waals surface area contributed by atoms with E-state index in [0.29, 0.717) is 43.8 Å². The van der Waals surface area contributed by atoms with Crippen LogP contribution in [0.2, 0.25) is 0 Å². The largest absolute Gasteiger partial charge is 0.480 e. The van der Waals surface area contributed by atoms with Crippen LogP contribution in [-0.4, -0.2) is 92.0 Å². The van der Waals surface area contributed by atoms with E-state index in [1.54, 1.807) is 36.4 Å². The minimum Gasteiger partial charge on any atom is -0.480 e. The van der Waals surface area contributed by atoms with Gasteiger partial charge in [-0.15, -0.1) is 0 Å². The van der Waals surface area contributed by atoms with Crippen molar-refractivity contribution >= 4 is 29.5 Å². The highest BCUT2D eigenvalue weighted by Crippen LogP contribution is 2.25. The molecule has 0 bridgehead atoms. The number of benzene rings is 1. The molecule has 39 heavy (non-hydrogen) atoms. The van der Waals surface area contributed by atoms with Crippen molar-refractivity contribution in [2.45, 2.75) is 63.2 Å². The van der Waals surface area contributed by atoms with Crippen molar-refractivity contribution < 1.29 is 19.5 Å². The van der Waals surface area contributed by atoms with Crippen LogP contribution in [0.5, 0.6) is 0 Å². The van der Waals surface area contributed by atoms with E-state index in [-0.39, 0.29) is 30.3 Å². The van der Waals surface area contributed by atoms with Crippen molar-refractivity contribution in [3.8, 4) is 6.07 Å². The van der Waals surface area contributed by atoms with Crippen LogP contribution in [0.15, 0.2) is 36.8 Å². The molecule has 2 fully saturated rings. The lowest BCUT2D eigenvalue weighted by atomic mass is 10.1. The van der Waals surface area contributed by atoms with E-state index in [4.69, 9.17) is 5.26 Å². The van der Waals surface area contributed by atoms with Crippen LogP contribution in [0.25, 0.3) is 0 Å². The molecule has 208 valence electrons. The van der Waals surface area contributed by atoms with Gasteiger partial charge in [-0.2, -0.15) is 17.0 Å². The lowest BCUT2D eigenvalue weighted by molar-refractivity contribution is -0.142. The van der Waals surface area contributed by atoms with Crippen LogP contribution >= 0.6 is 11.8 Å². The summed E-state index contributed by atoms with van der Waals surface area (Å²) < 4.78 is 1.96. The molecule has 0 unspecified atom stereocenters. The van der Waals surface area contributed by atoms with Gasteiger partial charge in [0, 0.05) is 37.6 Å². The fraction of sp³-hybridized carbons (Fsp3) is 0.536. The number of carbonyl (C=O) groups is 3. The molecule has 3 heterocycles. The number of hydrogen-bond donors (Lipinski definition) is 2. The van der Waals surface area contributed by atoms with Gasteiger partial charge in [-0.05, 0) is 68.4 Å². The zero-order chi connectivity index (χ0) is 27.8. The highest BCUT2D eigenvalue weighted by Gasteiger charge is 2.37. The number of nitrogens with zero attached hydrogens (tertiary/aromatic N) is 5. The first-order valence-electron chi connectivity index (χ1n) is 13.4. The molecule has 0 radical (unpaired) electrons. The molecular weight excluding hydrogens is 516 g/mol. The van der Waals surface area contributed by atoms with E-state index in [9.17, 15) is 19.5 Å². The van der Waals surface area contributed by atoms with Crippen molar-refractivity contribution in [3.63, 3.8) is 0 Å². The summed E-state index contributed by atoms with van der Waals surface area (Å²) in [4.78, 5) is 46.4. The maximum atomic E-state index is 13.4. The number of nitriles is 1. The summed E-state index contributed by atoms with van der Waals surface area (Å²) >= 11 is 1.56. The van der Waals surface area contributed by atoms with Crippen molar-refractivity contribution in [3.05, 3.63) is 53.6 Å². The Morgan fingerprint density at radius 2 is 1.97 bits per heavy atom. The molecule has 10 nitrogen and oxygen atoms in total. The number of carboxylic acids is 1. The normalized spacial score (nSPS) is 20.1. The predicted octanol–water partition coefficient (Wildman–Crippen LogP) is 2.12. The first kappa shape index (κ1) is 28.6. The maximum absolute atomic E-state index is 13.4. The molecule has 11 heteroatoms. The van der Waals surface area contributed by atoms with Gasteiger partial charge in [0.1, 0.15) is 6.04 Å². The number of aliphatic carboxylic acids is 1. The van der Waals surface area contributed by atoms with Gasteiger partial charge >= 0.3 is 5.97 Å². The van der Waals surface area contributed by atoms with Crippen molar-refractivity contribution in [1.29, 1.82) is 5.26 Å². The quantitative estimate of drug-likeness (QED) is 0.409. The van der Waals surface area contributed by atoms with E-state index in [2.05, 4.69) is 21.3 Å². The molecule has 0 saturated carbocycles. The van der Waals surface area contributed by atoms with Crippen LogP contribution < -0.4 is 5.32 Å². The Kier molecular flexibility index (Phi) is 10.0. The molecule has 3 atom stereocenters. The van der Waals surface area contributed by atoms with Crippen LogP contribution in [0.1, 0.15) is 48.9 Å². The van der Waals surface area contributed by atoms with Gasteiger partial charge in [0.05, 0.1) is 30.4 Å². The van der Waals surface area contributed by atoms with Crippen LogP contribution in [0.4, 0.5) is 0 Å². The van der Waals surface area contributed by atoms with Gasteiger partial charge in [0.2, 0.25) is 11.8 Å². The van der Waals surface area contributed by atoms with Gasteiger partial charge in [0.15, 0.2) is 0 Å². The number of imidazole rings is 1. The summed E-state index contributed by atoms with van der Waals surface area (Å²) in [6, 6.07) is 8.27. The number of hydrogen-bond acceptors (Lipinski definition) is 7. The highest BCUT2D eigenvalue weighted by molar-refractivity contribution is 7.98. The molecule has 2 saturated heterocycles. The Hall–Kier alpha value is -3.36. The summed E-state index contributed by atoms with van der Waals surface area (Å²) in [7, 11) is 0. The Balaban J connectivity index is 1.35. The number of carboxylic acid groups (broad SMARTS) is 1. The molecule has 2 amide bonds. The zero-order valence-electron chi connectivity index (χ0n) is 22.3. The third kappa shape index (κ3) is 7.40. The van der Waals surface area contributed by atoms with Crippen molar-refractivity contribution in [2.75, 3.05) is 31.6 Å². The summed E-state index contributed by atoms with van der Waals surface area (Å²) in [5.74, 6) is -0.532. The van der Waals surface area contributed by atoms with E-state index in [1.165, 1.54) is 0 Å². The SMILES string of the molecule is CSCC[C@H](NC(=O)[C@@H]1CCCN1C[C@@H]1CCCN1C(=O)Cc1cncn1Cc1ccc(C#N)cc1)C(=O)O. The third-order valence-electron chi connectivity index (χ3n) is 7.60. The molecule has 4 rings (SSSR count). The van der Waals surface area contributed by atoms with Crippen LogP contribution in [0.3, 0.4) is 0 Å². The molecule has 1 aromatic heterocycles. The fourth-order valence-electron chi connectivity index (χ4n) is 5.50. The topological polar surface area (TPSA) is 132 Å². The Bertz CT molecular complexity index is 1190. The number of nitrogens with one attached hydrogen (secondary N) is 1. The molecule has 2 N–H and O–H groups in total. The molecule has 2 aliphatic rings. The molecular formula is C28H36N6O4S. The fourth-order valence-corrected chi connectivity index (χ4v) is 5.97. The van der Waals surface area contributed by atoms with Gasteiger partial charge < -0.3 is 19.9 Å². The first-order valence-corrected chi connectivity index (χ1v) is 14.8. The summed E-state index contributed by atoms with van der Waals surface area (Å²) in [6.07, 6.45) is 9.35. The van der Waals surface area contributed by atoms with Crippen LogP contribution in [-0.2, 0) is 27.3 Å². The summed E-state index contributed by atoms with van der Waals surface area (Å²) in [5.41, 5.74) is 2.46. The molecule has 2 aliphatic heterocycles. The van der Waals surface area contributed by atoms with E-state index < -0.39 is 12.0 Å². The molecule has 0 spiro atoms. The Morgan fingerprint density at radius 1 is 1.21 bits per heavy atom. The van der Waals surface area contributed by atoms with Crippen LogP contribution in [0, 0.1) is 11.3 Å². The number of aromatic nitrogens is 2. The maximum Gasteiger partial charge on any atom is 0.326 e. The standard InChI is InChI=1S/C28H36N6O4S/c1-39-13-10-24(28(37)38)31-27(36)25-5-3-11-32(25)18-22-4-2-12-34(22)26(35)14-23-16-30-19-33(23)17-21-8-6-20(15-29)7-9-21/h6-9,16,19,22,24-25H,2-5,10-14,17-18H2,1H3,(H,31,36)(H,37,38)/t22-,24-,25-/m0/s1. The van der Waals surface area contributed by atoms with Crippen molar-refractivity contribution in [1.82, 2.24) is 24.7 Å². The van der Waals surface area contributed by atoms with Gasteiger partial charge in [-0.3, -0.25) is 14.5 Å². The lowest BCUT2D eigenvalue weighted by Crippen LogP contribution is -2.52. The summed E-state index contributed by atoms with van der Waals surface area (Å²) in [6.45, 7) is 2.62. The lowest BCUT2D eigenvalue weighted by Gasteiger charge is -2.32. The monoisotopic (exact) mass is 552 g/mol. The van der Waals surface area contributed by atoms with Gasteiger partial charge in [-0.25, -0.2) is 9.78 Å². The second-order valence-electron chi connectivity index (χ2n) is 10.2. The number of likely N-dealkylation sites (tertiary alicyclic amines) is 2. The second-order valence-corrected chi connectivity index (χ2v) is 11.2. The minimum atomic E-state index is -1.01. The number of thioether (sulfide) groups is 1. The smallest absolute Gasteiger partial charge is 0.326 e.